The van der Waals surface area contributed by atoms with Crippen molar-refractivity contribution >= 4 is 16.1 Å². The van der Waals surface area contributed by atoms with Gasteiger partial charge in [-0.3, -0.25) is 0 Å². The van der Waals surface area contributed by atoms with Crippen LogP contribution in [0.4, 0.5) is 4.79 Å². The molecular formula is C15H24ClN5O3S. The van der Waals surface area contributed by atoms with E-state index in [1.165, 1.54) is 10.4 Å². The molecule has 0 unspecified atom stereocenters. The van der Waals surface area contributed by atoms with Crippen LogP contribution in [-0.2, 0) is 10.0 Å². The van der Waals surface area contributed by atoms with E-state index in [4.69, 9.17) is 0 Å². The Morgan fingerprint density at radius 2 is 1.88 bits per heavy atom. The summed E-state index contributed by atoms with van der Waals surface area (Å²) in [5, 5.41) is 3.46. The molecule has 8 nitrogen and oxygen atoms in total. The predicted octanol–water partition coefficient (Wildman–Crippen LogP) is -2.91. The van der Waals surface area contributed by atoms with Crippen LogP contribution in [0.2, 0.25) is 0 Å². The highest BCUT2D eigenvalue weighted by molar-refractivity contribution is 7.88. The number of amides is 1. The molecule has 140 valence electrons. The van der Waals surface area contributed by atoms with Crippen molar-refractivity contribution in [2.75, 3.05) is 26.2 Å². The molecule has 10 heteroatoms. The number of hydrogen-bond donors (Lipinski definition) is 1. The Labute approximate surface area is 155 Å². The largest absolute Gasteiger partial charge is 1.00 e. The van der Waals surface area contributed by atoms with Gasteiger partial charge < -0.3 is 12.4 Å². The van der Waals surface area contributed by atoms with E-state index in [2.05, 4.69) is 29.8 Å². The van der Waals surface area contributed by atoms with Crippen molar-refractivity contribution in [3.63, 3.8) is 0 Å². The first-order valence-corrected chi connectivity index (χ1v) is 9.00. The zero-order valence-corrected chi connectivity index (χ0v) is 15.8. The molecule has 0 aliphatic carbocycles. The standard InChI is InChI=1S/C15H23N5O3S.ClH/c1-5-9-18(10-6-2)15(21)20-13-16-14(17-20)24(22,23)19(11-7-3)12-8-4;/h5-7,13H,1-3,8-12H2,4H3;1H. The molecule has 0 aliphatic heterocycles. The van der Waals surface area contributed by atoms with E-state index in [1.54, 1.807) is 12.2 Å². The number of carbonyl (C=O) groups is 1. The lowest BCUT2D eigenvalue weighted by atomic mass is 10.5. The summed E-state index contributed by atoms with van der Waals surface area (Å²) in [7, 11) is -3.87. The molecule has 0 spiro atoms. The molecule has 0 saturated heterocycles. The number of quaternary nitrogens is 1. The van der Waals surface area contributed by atoms with E-state index in [9.17, 15) is 13.2 Å². The summed E-state index contributed by atoms with van der Waals surface area (Å²) < 4.78 is 27.3. The first-order valence-electron chi connectivity index (χ1n) is 7.56. The lowest BCUT2D eigenvalue weighted by molar-refractivity contribution is -0.802. The highest BCUT2D eigenvalue weighted by atomic mass is 35.5. The Bertz CT molecular complexity index is 692. The molecule has 1 heterocycles. The van der Waals surface area contributed by atoms with E-state index in [1.807, 2.05) is 6.92 Å². The molecule has 1 N–H and O–H groups in total. The SMILES string of the molecule is C=CCN(CCC)S(=O)(=O)c1ncn(C(=O)[NH+](CC=C)CC=C)n1.[Cl-]. The molecule has 0 atom stereocenters. The van der Waals surface area contributed by atoms with Crippen LogP contribution < -0.4 is 17.3 Å². The molecule has 0 aliphatic rings. The Morgan fingerprint density at radius 3 is 2.36 bits per heavy atom. The second kappa shape index (κ2) is 10.9. The average molecular weight is 390 g/mol. The Kier molecular flexibility index (Phi) is 10.1. The minimum Gasteiger partial charge on any atom is -1.00 e. The highest BCUT2D eigenvalue weighted by Crippen LogP contribution is 2.11. The van der Waals surface area contributed by atoms with Crippen LogP contribution in [-0.4, -0.2) is 59.7 Å². The summed E-state index contributed by atoms with van der Waals surface area (Å²) >= 11 is 0. The van der Waals surface area contributed by atoms with Gasteiger partial charge in [0.25, 0.3) is 15.2 Å². The van der Waals surface area contributed by atoms with Crippen LogP contribution >= 0.6 is 0 Å². The number of nitrogens with zero attached hydrogens (tertiary/aromatic N) is 4. The van der Waals surface area contributed by atoms with Gasteiger partial charge in [0.1, 0.15) is 19.4 Å². The number of sulfonamides is 1. The summed E-state index contributed by atoms with van der Waals surface area (Å²) in [6.07, 6.45) is 6.44. The van der Waals surface area contributed by atoms with Crippen molar-refractivity contribution in [2.24, 2.45) is 0 Å². The van der Waals surface area contributed by atoms with Gasteiger partial charge in [0.15, 0.2) is 0 Å². The minimum atomic E-state index is -3.87. The summed E-state index contributed by atoms with van der Waals surface area (Å²) in [6.45, 7) is 13.8. The van der Waals surface area contributed by atoms with Crippen LogP contribution in [0.15, 0.2) is 49.4 Å². The van der Waals surface area contributed by atoms with Crippen molar-refractivity contribution in [3.05, 3.63) is 44.3 Å². The predicted molar refractivity (Wildman–Crippen MR) is 91.2 cm³/mol. The minimum absolute atomic E-state index is 0. The number of rotatable bonds is 10. The summed E-state index contributed by atoms with van der Waals surface area (Å²) in [5.74, 6) is 0. The van der Waals surface area contributed by atoms with Crippen LogP contribution in [0, 0.1) is 0 Å². The molecule has 1 amide bonds. The summed E-state index contributed by atoms with van der Waals surface area (Å²) in [4.78, 5) is 16.7. The van der Waals surface area contributed by atoms with Gasteiger partial charge in [-0.05, 0) is 18.6 Å². The van der Waals surface area contributed by atoms with Crippen LogP contribution in [0.3, 0.4) is 0 Å². The molecular weight excluding hydrogens is 366 g/mol. The van der Waals surface area contributed by atoms with Crippen LogP contribution in [0.1, 0.15) is 13.3 Å². The van der Waals surface area contributed by atoms with Crippen molar-refractivity contribution in [1.82, 2.24) is 19.1 Å². The highest BCUT2D eigenvalue weighted by Gasteiger charge is 2.29. The molecule has 0 bridgehead atoms. The molecule has 1 rings (SSSR count). The first kappa shape index (κ1) is 23.2. The molecule has 1 aromatic heterocycles. The molecule has 0 aromatic carbocycles. The lowest BCUT2D eigenvalue weighted by Gasteiger charge is -2.17. The summed E-state index contributed by atoms with van der Waals surface area (Å²) in [5.41, 5.74) is 0. The Balaban J connectivity index is 0.00000576. The number of nitrogens with one attached hydrogen (secondary N) is 1. The molecule has 25 heavy (non-hydrogen) atoms. The van der Waals surface area contributed by atoms with E-state index >= 15 is 0 Å². The summed E-state index contributed by atoms with van der Waals surface area (Å²) in [6, 6.07) is -0.422. The number of halogens is 1. The van der Waals surface area contributed by atoms with Gasteiger partial charge in [0.2, 0.25) is 0 Å². The fraction of sp³-hybridized carbons (Fsp3) is 0.400. The Morgan fingerprint density at radius 1 is 1.28 bits per heavy atom. The molecule has 0 fully saturated rings. The number of hydrogen-bond acceptors (Lipinski definition) is 5. The fourth-order valence-corrected chi connectivity index (χ4v) is 3.38. The monoisotopic (exact) mass is 389 g/mol. The van der Waals surface area contributed by atoms with Crippen molar-refractivity contribution < 1.29 is 30.5 Å². The van der Waals surface area contributed by atoms with Crippen molar-refractivity contribution in [2.45, 2.75) is 18.5 Å². The molecule has 1 aromatic rings. The van der Waals surface area contributed by atoms with Crippen molar-refractivity contribution in [3.8, 4) is 0 Å². The number of carbonyl (C=O) groups excluding carboxylic acids is 1. The van der Waals surface area contributed by atoms with E-state index < -0.39 is 21.2 Å². The maximum Gasteiger partial charge on any atom is 0.444 e. The topological polar surface area (TPSA) is 89.6 Å². The van der Waals surface area contributed by atoms with Crippen LogP contribution in [0.25, 0.3) is 0 Å². The van der Waals surface area contributed by atoms with Gasteiger partial charge in [-0.25, -0.2) is 23.1 Å². The second-order valence-electron chi connectivity index (χ2n) is 5.02. The van der Waals surface area contributed by atoms with Gasteiger partial charge >= 0.3 is 6.03 Å². The van der Waals surface area contributed by atoms with Crippen LogP contribution in [0.5, 0.6) is 0 Å². The zero-order chi connectivity index (χ0) is 18.2. The zero-order valence-electron chi connectivity index (χ0n) is 14.3. The third-order valence-corrected chi connectivity index (χ3v) is 4.80. The fourth-order valence-electron chi connectivity index (χ4n) is 2.05. The van der Waals surface area contributed by atoms with Gasteiger partial charge in [-0.1, -0.05) is 26.2 Å². The van der Waals surface area contributed by atoms with Gasteiger partial charge in [-0.15, -0.1) is 16.4 Å². The maximum atomic E-state index is 12.6. The molecule has 0 radical (unpaired) electrons. The lowest BCUT2D eigenvalue weighted by Crippen LogP contribution is -3.14. The maximum absolute atomic E-state index is 12.6. The quantitative estimate of drug-likeness (QED) is 0.433. The second-order valence-corrected chi connectivity index (χ2v) is 6.85. The normalized spacial score (nSPS) is 11.2. The van der Waals surface area contributed by atoms with Gasteiger partial charge in [0, 0.05) is 13.1 Å². The molecule has 0 saturated carbocycles. The van der Waals surface area contributed by atoms with Gasteiger partial charge in [-0.2, -0.15) is 4.31 Å². The van der Waals surface area contributed by atoms with Gasteiger partial charge in [0.05, 0.1) is 0 Å². The third kappa shape index (κ3) is 5.89. The first-order chi connectivity index (χ1) is 11.4. The van der Waals surface area contributed by atoms with E-state index in [-0.39, 0.29) is 19.0 Å². The third-order valence-electron chi connectivity index (χ3n) is 3.14. The Hall–Kier alpha value is -1.81. The average Bonchev–Trinajstić information content (AvgIpc) is 3.04. The van der Waals surface area contributed by atoms with E-state index in [0.29, 0.717) is 31.0 Å². The smallest absolute Gasteiger partial charge is 0.444 e. The van der Waals surface area contributed by atoms with E-state index in [0.717, 1.165) is 11.0 Å². The number of aromatic nitrogens is 3. The van der Waals surface area contributed by atoms with Crippen molar-refractivity contribution in [1.29, 1.82) is 0 Å².